The molecule has 2 heterocycles. The maximum absolute atomic E-state index is 14.0. The van der Waals surface area contributed by atoms with E-state index >= 15 is 0 Å². The van der Waals surface area contributed by atoms with E-state index in [2.05, 4.69) is 5.10 Å². The zero-order valence-electron chi connectivity index (χ0n) is 14.4. The summed E-state index contributed by atoms with van der Waals surface area (Å²) >= 11 is 0. The van der Waals surface area contributed by atoms with Crippen molar-refractivity contribution in [2.24, 2.45) is 0 Å². The number of halogens is 4. The highest BCUT2D eigenvalue weighted by Crippen LogP contribution is 2.31. The molecule has 142 valence electrons. The van der Waals surface area contributed by atoms with Crippen LogP contribution in [-0.4, -0.2) is 26.3 Å². The van der Waals surface area contributed by atoms with E-state index in [1.54, 1.807) is 0 Å². The molecule has 1 aliphatic heterocycles. The molecule has 1 aliphatic rings. The molecular formula is C18H21F4N3O. The highest BCUT2D eigenvalue weighted by atomic mass is 19.4. The van der Waals surface area contributed by atoms with Crippen molar-refractivity contribution in [1.29, 1.82) is 0 Å². The standard InChI is InChI=1S/C18H21F4N3O/c1-2-17(26)16-9-14-11-24(6-3-7-25(14)23-16)10-12-8-13(18(20,21)22)4-5-15(12)19/h4-5,8-9,17,26H,2-3,6-7,10-11H2,1H3/t17-/m1/s1. The van der Waals surface area contributed by atoms with Crippen molar-refractivity contribution in [3.05, 3.63) is 52.6 Å². The Balaban J connectivity index is 1.80. The van der Waals surface area contributed by atoms with Crippen molar-refractivity contribution in [3.63, 3.8) is 0 Å². The smallest absolute Gasteiger partial charge is 0.387 e. The summed E-state index contributed by atoms with van der Waals surface area (Å²) in [6, 6.07) is 4.32. The molecule has 1 atom stereocenters. The number of hydrogen-bond donors (Lipinski definition) is 1. The van der Waals surface area contributed by atoms with Crippen molar-refractivity contribution in [2.45, 2.75) is 51.7 Å². The second kappa shape index (κ2) is 7.36. The zero-order valence-corrected chi connectivity index (χ0v) is 14.4. The molecule has 0 unspecified atom stereocenters. The Labute approximate surface area is 149 Å². The second-order valence-electron chi connectivity index (χ2n) is 6.58. The molecule has 1 aromatic heterocycles. The fourth-order valence-electron chi connectivity index (χ4n) is 3.17. The number of benzene rings is 1. The Hall–Kier alpha value is -1.93. The van der Waals surface area contributed by atoms with E-state index in [0.717, 1.165) is 30.3 Å². The van der Waals surface area contributed by atoms with Gasteiger partial charge in [0.05, 0.1) is 23.1 Å². The summed E-state index contributed by atoms with van der Waals surface area (Å²) in [5.41, 5.74) is 0.649. The third-order valence-corrected chi connectivity index (χ3v) is 4.61. The van der Waals surface area contributed by atoms with Crippen molar-refractivity contribution < 1.29 is 22.7 Å². The van der Waals surface area contributed by atoms with E-state index in [-0.39, 0.29) is 12.1 Å². The van der Waals surface area contributed by atoms with E-state index in [9.17, 15) is 22.7 Å². The van der Waals surface area contributed by atoms with Gasteiger partial charge in [0.15, 0.2) is 0 Å². The number of aliphatic hydroxyl groups excluding tert-OH is 1. The van der Waals surface area contributed by atoms with Crippen LogP contribution in [0.5, 0.6) is 0 Å². The largest absolute Gasteiger partial charge is 0.416 e. The Bertz CT molecular complexity index is 772. The number of alkyl halides is 3. The highest BCUT2D eigenvalue weighted by molar-refractivity contribution is 5.27. The van der Waals surface area contributed by atoms with Gasteiger partial charge in [-0.2, -0.15) is 18.3 Å². The van der Waals surface area contributed by atoms with Crippen LogP contribution in [0.15, 0.2) is 24.3 Å². The minimum Gasteiger partial charge on any atom is -0.387 e. The van der Waals surface area contributed by atoms with Crippen LogP contribution >= 0.6 is 0 Å². The van der Waals surface area contributed by atoms with Crippen molar-refractivity contribution in [3.8, 4) is 0 Å². The quantitative estimate of drug-likeness (QED) is 0.829. The molecule has 0 saturated carbocycles. The third-order valence-electron chi connectivity index (χ3n) is 4.61. The Morgan fingerprint density at radius 1 is 1.23 bits per heavy atom. The second-order valence-corrected chi connectivity index (χ2v) is 6.58. The van der Waals surface area contributed by atoms with E-state index in [4.69, 9.17) is 0 Å². The lowest BCUT2D eigenvalue weighted by atomic mass is 10.1. The van der Waals surface area contributed by atoms with Crippen LogP contribution in [0.3, 0.4) is 0 Å². The lowest BCUT2D eigenvalue weighted by molar-refractivity contribution is -0.137. The monoisotopic (exact) mass is 371 g/mol. The van der Waals surface area contributed by atoms with Gasteiger partial charge in [-0.05, 0) is 37.1 Å². The van der Waals surface area contributed by atoms with Crippen LogP contribution < -0.4 is 0 Å². The summed E-state index contributed by atoms with van der Waals surface area (Å²) in [7, 11) is 0. The van der Waals surface area contributed by atoms with Crippen LogP contribution in [0.2, 0.25) is 0 Å². The fourth-order valence-corrected chi connectivity index (χ4v) is 3.17. The SMILES string of the molecule is CC[C@@H](O)c1cc2n(n1)CCCN(Cc1cc(C(F)(F)F)ccc1F)C2. The summed E-state index contributed by atoms with van der Waals surface area (Å²) in [4.78, 5) is 1.90. The molecule has 0 bridgehead atoms. The van der Waals surface area contributed by atoms with Crippen LogP contribution in [0, 0.1) is 5.82 Å². The maximum Gasteiger partial charge on any atom is 0.416 e. The van der Waals surface area contributed by atoms with Crippen molar-refractivity contribution >= 4 is 0 Å². The molecule has 8 heteroatoms. The fraction of sp³-hybridized carbons (Fsp3) is 0.500. The lowest BCUT2D eigenvalue weighted by Crippen LogP contribution is -2.23. The van der Waals surface area contributed by atoms with Crippen LogP contribution in [-0.2, 0) is 25.8 Å². The summed E-state index contributed by atoms with van der Waals surface area (Å²) in [5.74, 6) is -0.641. The Morgan fingerprint density at radius 2 is 2.00 bits per heavy atom. The maximum atomic E-state index is 14.0. The number of hydrogen-bond acceptors (Lipinski definition) is 3. The van der Waals surface area contributed by atoms with Gasteiger partial charge >= 0.3 is 6.18 Å². The first-order valence-corrected chi connectivity index (χ1v) is 8.60. The number of aliphatic hydroxyl groups is 1. The molecule has 0 fully saturated rings. The number of rotatable bonds is 4. The molecule has 0 aliphatic carbocycles. The van der Waals surface area contributed by atoms with Gasteiger partial charge in [0.1, 0.15) is 5.82 Å². The average Bonchev–Trinajstić information content (AvgIpc) is 2.88. The summed E-state index contributed by atoms with van der Waals surface area (Å²) in [6.07, 6.45) is -3.83. The normalized spacial score (nSPS) is 17.0. The van der Waals surface area contributed by atoms with Crippen molar-refractivity contribution in [1.82, 2.24) is 14.7 Å². The topological polar surface area (TPSA) is 41.3 Å². The number of nitrogens with zero attached hydrogens (tertiary/aromatic N) is 3. The van der Waals surface area contributed by atoms with Crippen LogP contribution in [0.1, 0.15) is 48.4 Å². The first-order valence-electron chi connectivity index (χ1n) is 8.60. The van der Waals surface area contributed by atoms with Gasteiger partial charge in [0, 0.05) is 31.7 Å². The van der Waals surface area contributed by atoms with Crippen molar-refractivity contribution in [2.75, 3.05) is 6.54 Å². The molecule has 0 amide bonds. The third kappa shape index (κ3) is 4.07. The molecule has 0 radical (unpaired) electrons. The van der Waals surface area contributed by atoms with Crippen LogP contribution in [0.25, 0.3) is 0 Å². The number of fused-ring (bicyclic) bond motifs is 1. The van der Waals surface area contributed by atoms with Gasteiger partial charge < -0.3 is 5.11 Å². The van der Waals surface area contributed by atoms with E-state index < -0.39 is 23.7 Å². The van der Waals surface area contributed by atoms with Gasteiger partial charge in [0.2, 0.25) is 0 Å². The minimum absolute atomic E-state index is 0.0293. The van der Waals surface area contributed by atoms with Crippen LogP contribution in [0.4, 0.5) is 17.6 Å². The lowest BCUT2D eigenvalue weighted by Gasteiger charge is -2.20. The highest BCUT2D eigenvalue weighted by Gasteiger charge is 2.31. The van der Waals surface area contributed by atoms with Gasteiger partial charge in [-0.1, -0.05) is 6.92 Å². The number of aromatic nitrogens is 2. The van der Waals surface area contributed by atoms with Gasteiger partial charge in [-0.15, -0.1) is 0 Å². The summed E-state index contributed by atoms with van der Waals surface area (Å²) in [6.45, 7) is 3.68. The van der Waals surface area contributed by atoms with E-state index in [1.807, 2.05) is 22.6 Å². The molecule has 1 aromatic carbocycles. The molecular weight excluding hydrogens is 350 g/mol. The average molecular weight is 371 g/mol. The Kier molecular flexibility index (Phi) is 5.34. The zero-order chi connectivity index (χ0) is 18.9. The first-order chi connectivity index (χ1) is 12.3. The first kappa shape index (κ1) is 18.8. The van der Waals surface area contributed by atoms with E-state index in [1.165, 1.54) is 0 Å². The predicted octanol–water partition coefficient (Wildman–Crippen LogP) is 3.89. The van der Waals surface area contributed by atoms with Gasteiger partial charge in [-0.3, -0.25) is 9.58 Å². The summed E-state index contributed by atoms with van der Waals surface area (Å²) < 4.78 is 54.5. The molecule has 4 nitrogen and oxygen atoms in total. The van der Waals surface area contributed by atoms with Gasteiger partial charge in [0.25, 0.3) is 0 Å². The molecule has 26 heavy (non-hydrogen) atoms. The van der Waals surface area contributed by atoms with Gasteiger partial charge in [-0.25, -0.2) is 4.39 Å². The summed E-state index contributed by atoms with van der Waals surface area (Å²) in [5, 5.41) is 14.4. The predicted molar refractivity (Wildman–Crippen MR) is 87.6 cm³/mol. The Morgan fingerprint density at radius 3 is 2.69 bits per heavy atom. The molecule has 3 rings (SSSR count). The van der Waals surface area contributed by atoms with E-state index in [0.29, 0.717) is 31.7 Å². The molecule has 0 saturated heterocycles. The molecule has 1 N–H and O–H groups in total. The number of aryl methyl sites for hydroxylation is 1. The minimum atomic E-state index is -4.49. The molecule has 0 spiro atoms. The molecule has 2 aromatic rings.